The van der Waals surface area contributed by atoms with Crippen LogP contribution in [0.25, 0.3) is 0 Å². The van der Waals surface area contributed by atoms with Gasteiger partial charge in [0.25, 0.3) is 0 Å². The average molecular weight is 225 g/mol. The molecule has 2 atom stereocenters. The molecule has 2 unspecified atom stereocenters. The van der Waals surface area contributed by atoms with Crippen molar-refractivity contribution < 1.29 is 4.79 Å². The second-order valence-corrected chi connectivity index (χ2v) is 5.18. The molecule has 1 saturated heterocycles. The smallest absolute Gasteiger partial charge is 0.315 e. The van der Waals surface area contributed by atoms with E-state index in [0.717, 1.165) is 32.2 Å². The Balaban J connectivity index is 1.69. The van der Waals surface area contributed by atoms with Crippen LogP contribution in [0.5, 0.6) is 0 Å². The van der Waals surface area contributed by atoms with Crippen molar-refractivity contribution in [3.05, 3.63) is 0 Å². The molecule has 2 rings (SSSR count). The highest BCUT2D eigenvalue weighted by molar-refractivity contribution is 5.74. The van der Waals surface area contributed by atoms with Gasteiger partial charge in [0, 0.05) is 18.1 Å². The molecule has 2 aliphatic rings. The SMILES string of the molecule is CC1CC(NC(=O)NC2CCCC2)CCN1. The van der Waals surface area contributed by atoms with Gasteiger partial charge in [-0.3, -0.25) is 0 Å². The molecule has 1 aliphatic carbocycles. The molecule has 0 aromatic heterocycles. The molecule has 2 amide bonds. The molecule has 4 heteroatoms. The second kappa shape index (κ2) is 5.53. The summed E-state index contributed by atoms with van der Waals surface area (Å²) in [7, 11) is 0. The lowest BCUT2D eigenvalue weighted by molar-refractivity contribution is 0.227. The van der Waals surface area contributed by atoms with Crippen LogP contribution < -0.4 is 16.0 Å². The highest BCUT2D eigenvalue weighted by Gasteiger charge is 2.22. The minimum absolute atomic E-state index is 0.0333. The van der Waals surface area contributed by atoms with Gasteiger partial charge >= 0.3 is 6.03 Å². The maximum Gasteiger partial charge on any atom is 0.315 e. The maximum atomic E-state index is 11.7. The molecular weight excluding hydrogens is 202 g/mol. The molecule has 16 heavy (non-hydrogen) atoms. The van der Waals surface area contributed by atoms with E-state index in [-0.39, 0.29) is 6.03 Å². The van der Waals surface area contributed by atoms with Gasteiger partial charge in [0.1, 0.15) is 0 Å². The van der Waals surface area contributed by atoms with Crippen LogP contribution in [0.3, 0.4) is 0 Å². The summed E-state index contributed by atoms with van der Waals surface area (Å²) in [6.45, 7) is 3.18. The minimum atomic E-state index is 0.0333. The van der Waals surface area contributed by atoms with Crippen molar-refractivity contribution in [2.75, 3.05) is 6.54 Å². The van der Waals surface area contributed by atoms with E-state index in [1.807, 2.05) is 0 Å². The Labute approximate surface area is 97.6 Å². The Kier molecular flexibility index (Phi) is 4.04. The van der Waals surface area contributed by atoms with E-state index < -0.39 is 0 Å². The Morgan fingerprint density at radius 2 is 1.81 bits per heavy atom. The van der Waals surface area contributed by atoms with Crippen LogP contribution in [0, 0.1) is 0 Å². The van der Waals surface area contributed by atoms with Gasteiger partial charge < -0.3 is 16.0 Å². The first-order valence-corrected chi connectivity index (χ1v) is 6.54. The van der Waals surface area contributed by atoms with E-state index in [2.05, 4.69) is 22.9 Å². The fraction of sp³-hybridized carbons (Fsp3) is 0.917. The number of urea groups is 1. The van der Waals surface area contributed by atoms with Crippen LogP contribution >= 0.6 is 0 Å². The molecule has 0 bridgehead atoms. The predicted octanol–water partition coefficient (Wildman–Crippen LogP) is 1.37. The molecule has 0 aromatic carbocycles. The van der Waals surface area contributed by atoms with Gasteiger partial charge in [0.15, 0.2) is 0 Å². The Hall–Kier alpha value is -0.770. The van der Waals surface area contributed by atoms with Crippen LogP contribution in [0.1, 0.15) is 45.4 Å². The van der Waals surface area contributed by atoms with E-state index in [1.165, 1.54) is 12.8 Å². The van der Waals surface area contributed by atoms with Gasteiger partial charge in [-0.25, -0.2) is 4.79 Å². The summed E-state index contributed by atoms with van der Waals surface area (Å²) < 4.78 is 0. The van der Waals surface area contributed by atoms with Gasteiger partial charge in [-0.05, 0) is 39.2 Å². The maximum absolute atomic E-state index is 11.7. The summed E-state index contributed by atoms with van der Waals surface area (Å²) >= 11 is 0. The average Bonchev–Trinajstić information content (AvgIpc) is 2.70. The summed E-state index contributed by atoms with van der Waals surface area (Å²) in [4.78, 5) is 11.7. The third-order valence-corrected chi connectivity index (χ3v) is 3.65. The van der Waals surface area contributed by atoms with Gasteiger partial charge in [0.2, 0.25) is 0 Å². The summed E-state index contributed by atoms with van der Waals surface area (Å²) in [5.74, 6) is 0. The van der Waals surface area contributed by atoms with Gasteiger partial charge in [-0.1, -0.05) is 12.8 Å². The van der Waals surface area contributed by atoms with Crippen molar-refractivity contribution in [1.82, 2.24) is 16.0 Å². The van der Waals surface area contributed by atoms with E-state index in [4.69, 9.17) is 0 Å². The molecule has 4 nitrogen and oxygen atoms in total. The van der Waals surface area contributed by atoms with E-state index >= 15 is 0 Å². The number of carbonyl (C=O) groups excluding carboxylic acids is 1. The number of piperidine rings is 1. The van der Waals surface area contributed by atoms with Crippen molar-refractivity contribution in [2.45, 2.75) is 63.6 Å². The normalized spacial score (nSPS) is 31.3. The van der Waals surface area contributed by atoms with Crippen molar-refractivity contribution >= 4 is 6.03 Å². The summed E-state index contributed by atoms with van der Waals surface area (Å²) in [5.41, 5.74) is 0. The highest BCUT2D eigenvalue weighted by atomic mass is 16.2. The predicted molar refractivity (Wildman–Crippen MR) is 64.4 cm³/mol. The summed E-state index contributed by atoms with van der Waals surface area (Å²) in [6.07, 6.45) is 6.90. The topological polar surface area (TPSA) is 53.2 Å². The standard InChI is InChI=1S/C12H23N3O/c1-9-8-11(6-7-13-9)15-12(16)14-10-4-2-3-5-10/h9-11,13H,2-8H2,1H3,(H2,14,15,16). The number of amides is 2. The van der Waals surface area contributed by atoms with Gasteiger partial charge in [0.05, 0.1) is 0 Å². The molecule has 1 saturated carbocycles. The van der Waals surface area contributed by atoms with E-state index in [9.17, 15) is 4.79 Å². The first-order valence-electron chi connectivity index (χ1n) is 6.54. The lowest BCUT2D eigenvalue weighted by atomic mass is 10.0. The van der Waals surface area contributed by atoms with Crippen LogP contribution in [0.2, 0.25) is 0 Å². The first-order chi connectivity index (χ1) is 7.74. The monoisotopic (exact) mass is 225 g/mol. The molecule has 0 spiro atoms. The summed E-state index contributed by atoms with van der Waals surface area (Å²) in [6, 6.07) is 1.31. The number of nitrogens with one attached hydrogen (secondary N) is 3. The largest absolute Gasteiger partial charge is 0.335 e. The highest BCUT2D eigenvalue weighted by Crippen LogP contribution is 2.17. The molecular formula is C12H23N3O. The number of rotatable bonds is 2. The number of hydrogen-bond acceptors (Lipinski definition) is 2. The van der Waals surface area contributed by atoms with Crippen LogP contribution in [0.15, 0.2) is 0 Å². The van der Waals surface area contributed by atoms with Gasteiger partial charge in [-0.2, -0.15) is 0 Å². The van der Waals surface area contributed by atoms with E-state index in [0.29, 0.717) is 18.1 Å². The van der Waals surface area contributed by atoms with Crippen LogP contribution in [-0.4, -0.2) is 30.7 Å². The first kappa shape index (κ1) is 11.7. The molecule has 1 aliphatic heterocycles. The molecule has 3 N–H and O–H groups in total. The fourth-order valence-corrected chi connectivity index (χ4v) is 2.75. The van der Waals surface area contributed by atoms with E-state index in [1.54, 1.807) is 0 Å². The number of hydrogen-bond donors (Lipinski definition) is 3. The quantitative estimate of drug-likeness (QED) is 0.665. The lowest BCUT2D eigenvalue weighted by Gasteiger charge is -2.29. The van der Waals surface area contributed by atoms with Crippen LogP contribution in [-0.2, 0) is 0 Å². The third kappa shape index (κ3) is 3.37. The minimum Gasteiger partial charge on any atom is -0.335 e. The zero-order valence-corrected chi connectivity index (χ0v) is 10.1. The van der Waals surface area contributed by atoms with Crippen molar-refractivity contribution in [3.63, 3.8) is 0 Å². The molecule has 1 heterocycles. The Morgan fingerprint density at radius 3 is 2.50 bits per heavy atom. The van der Waals surface area contributed by atoms with Crippen molar-refractivity contribution in [3.8, 4) is 0 Å². The summed E-state index contributed by atoms with van der Waals surface area (Å²) in [5, 5.41) is 9.54. The van der Waals surface area contributed by atoms with Gasteiger partial charge in [-0.15, -0.1) is 0 Å². The fourth-order valence-electron chi connectivity index (χ4n) is 2.75. The van der Waals surface area contributed by atoms with Crippen molar-refractivity contribution in [2.24, 2.45) is 0 Å². The Bertz CT molecular complexity index is 238. The zero-order valence-electron chi connectivity index (χ0n) is 10.1. The molecule has 0 radical (unpaired) electrons. The molecule has 2 fully saturated rings. The third-order valence-electron chi connectivity index (χ3n) is 3.65. The second-order valence-electron chi connectivity index (χ2n) is 5.18. The van der Waals surface area contributed by atoms with Crippen molar-refractivity contribution in [1.29, 1.82) is 0 Å². The molecule has 92 valence electrons. The Morgan fingerprint density at radius 1 is 1.12 bits per heavy atom. The number of carbonyl (C=O) groups is 1. The zero-order chi connectivity index (χ0) is 11.4. The lowest BCUT2D eigenvalue weighted by Crippen LogP contribution is -2.50. The molecule has 0 aromatic rings. The van der Waals surface area contributed by atoms with Crippen LogP contribution in [0.4, 0.5) is 4.79 Å².